The molecule has 0 saturated carbocycles. The Morgan fingerprint density at radius 2 is 1.11 bits per heavy atom. The Labute approximate surface area is 323 Å². The van der Waals surface area contributed by atoms with Crippen LogP contribution in [0.15, 0.2) is 72.6 Å². The first kappa shape index (κ1) is 44.4. The van der Waals surface area contributed by atoms with E-state index < -0.39 is 70.4 Å². The molecule has 300 valence electrons. The van der Waals surface area contributed by atoms with Crippen molar-refractivity contribution in [1.82, 2.24) is 36.6 Å². The second kappa shape index (κ2) is 19.6. The monoisotopic (exact) mass is 763 g/mol. The van der Waals surface area contributed by atoms with Gasteiger partial charge < -0.3 is 20.8 Å². The van der Waals surface area contributed by atoms with Crippen molar-refractivity contribution < 1.29 is 39.1 Å². The molecule has 3 aromatic rings. The van der Waals surface area contributed by atoms with Crippen LogP contribution in [0.1, 0.15) is 90.9 Å². The lowest BCUT2D eigenvalue weighted by atomic mass is 9.99. The summed E-state index contributed by atoms with van der Waals surface area (Å²) in [6, 6.07) is 13.8. The highest BCUT2D eigenvalue weighted by molar-refractivity contribution is 6.39. The molecule has 3 rings (SSSR count). The van der Waals surface area contributed by atoms with Crippen LogP contribution in [0.25, 0.3) is 5.76 Å². The van der Waals surface area contributed by atoms with Gasteiger partial charge in [-0.25, -0.2) is 0 Å². The number of nitrogens with one attached hydrogen (secondary N) is 4. The molecule has 0 spiro atoms. The summed E-state index contributed by atoms with van der Waals surface area (Å²) in [6.07, 6.45) is 1.05. The van der Waals surface area contributed by atoms with Gasteiger partial charge in [0.2, 0.25) is 17.6 Å². The largest absolute Gasteiger partial charge is 0.506 e. The predicted octanol–water partition coefficient (Wildman–Crippen LogP) is 4.42. The van der Waals surface area contributed by atoms with Crippen molar-refractivity contribution in [3.63, 3.8) is 0 Å². The number of hydroxylamine groups is 2. The molecule has 0 saturated heterocycles. The number of hydrogen-bond acceptors (Lipinski definition) is 12. The maximum absolute atomic E-state index is 13.8. The minimum absolute atomic E-state index is 0.0104. The van der Waals surface area contributed by atoms with Gasteiger partial charge in [0.15, 0.2) is 17.2 Å². The SMILES string of the molecule is CC(C)C(NOC(C)(C)C)C(=O)NC(Cc1ccccc1)C(=O)C(=O)n1cc(C(O)=C(O)C(Cc2ccccc2)NC(=O)C(NOC(C)(C)C)C(C)C)nn1. The molecule has 1 heterocycles. The average molecular weight is 764 g/mol. The summed E-state index contributed by atoms with van der Waals surface area (Å²) in [4.78, 5) is 65.7. The van der Waals surface area contributed by atoms with Crippen LogP contribution in [0.4, 0.5) is 0 Å². The van der Waals surface area contributed by atoms with Crippen molar-refractivity contribution in [3.8, 4) is 0 Å². The van der Waals surface area contributed by atoms with Gasteiger partial charge in [0.25, 0.3) is 0 Å². The summed E-state index contributed by atoms with van der Waals surface area (Å²) < 4.78 is 0.625. The van der Waals surface area contributed by atoms with Crippen molar-refractivity contribution in [2.24, 2.45) is 11.8 Å². The van der Waals surface area contributed by atoms with Crippen LogP contribution < -0.4 is 21.6 Å². The van der Waals surface area contributed by atoms with E-state index in [1.807, 2.05) is 75.3 Å². The van der Waals surface area contributed by atoms with Gasteiger partial charge in [-0.3, -0.25) is 28.9 Å². The van der Waals surface area contributed by atoms with Crippen molar-refractivity contribution in [3.05, 3.63) is 89.4 Å². The van der Waals surface area contributed by atoms with Gasteiger partial charge in [0.1, 0.15) is 18.1 Å². The third-order valence-corrected chi connectivity index (χ3v) is 8.12. The first-order chi connectivity index (χ1) is 25.7. The van der Waals surface area contributed by atoms with E-state index in [0.717, 1.165) is 11.8 Å². The molecule has 0 aliphatic carbocycles. The lowest BCUT2D eigenvalue weighted by Gasteiger charge is -2.28. The van der Waals surface area contributed by atoms with E-state index in [9.17, 15) is 29.4 Å². The van der Waals surface area contributed by atoms with Gasteiger partial charge >= 0.3 is 5.91 Å². The Morgan fingerprint density at radius 3 is 1.53 bits per heavy atom. The number of hydrogen-bond donors (Lipinski definition) is 6. The maximum atomic E-state index is 13.8. The Balaban J connectivity index is 1.91. The maximum Gasteiger partial charge on any atom is 0.317 e. The van der Waals surface area contributed by atoms with Gasteiger partial charge in [-0.1, -0.05) is 93.6 Å². The van der Waals surface area contributed by atoms with E-state index in [-0.39, 0.29) is 30.4 Å². The van der Waals surface area contributed by atoms with Gasteiger partial charge in [-0.15, -0.1) is 5.10 Å². The molecule has 15 heteroatoms. The Bertz CT molecular complexity index is 1760. The molecule has 2 amide bonds. The smallest absolute Gasteiger partial charge is 0.317 e. The number of aromatic nitrogens is 3. The van der Waals surface area contributed by atoms with Gasteiger partial charge in [0, 0.05) is 12.8 Å². The van der Waals surface area contributed by atoms with E-state index in [4.69, 9.17) is 9.68 Å². The van der Waals surface area contributed by atoms with Gasteiger partial charge in [-0.05, 0) is 64.5 Å². The van der Waals surface area contributed by atoms with Crippen LogP contribution in [-0.2, 0) is 36.9 Å². The predicted molar refractivity (Wildman–Crippen MR) is 207 cm³/mol. The number of Topliss-reactive ketones (excluding diaryl/α,β-unsaturated/α-hetero) is 1. The summed E-state index contributed by atoms with van der Waals surface area (Å²) in [5.41, 5.74) is 5.48. The van der Waals surface area contributed by atoms with Crippen molar-refractivity contribution in [2.45, 2.75) is 117 Å². The number of carbonyl (C=O) groups excluding carboxylic acids is 4. The van der Waals surface area contributed by atoms with E-state index in [0.29, 0.717) is 10.2 Å². The molecular weight excluding hydrogens is 706 g/mol. The standard InChI is InChI=1S/C40H57N7O8/c1-24(2)31(44-54-39(5,6)7)36(51)41-28(21-26-17-13-11-14-18-26)33(48)34(49)30-23-47(46-43-30)38(53)35(50)29(22-27-19-15-12-16-20-27)42-37(52)32(25(3)4)45-55-40(8,9)10/h11-20,23-25,28-29,31-32,44-45,48-49H,21-22H2,1-10H3,(H,41,51)(H,42,52). The minimum Gasteiger partial charge on any atom is -0.506 e. The van der Waals surface area contributed by atoms with Crippen LogP contribution in [-0.4, -0.2) is 84.1 Å². The van der Waals surface area contributed by atoms with E-state index in [1.165, 1.54) is 0 Å². The van der Waals surface area contributed by atoms with E-state index in [1.54, 1.807) is 54.6 Å². The highest BCUT2D eigenvalue weighted by atomic mass is 16.7. The third kappa shape index (κ3) is 14.0. The summed E-state index contributed by atoms with van der Waals surface area (Å²) >= 11 is 0. The van der Waals surface area contributed by atoms with E-state index >= 15 is 0 Å². The zero-order chi connectivity index (χ0) is 41.1. The molecule has 55 heavy (non-hydrogen) atoms. The molecular formula is C40H57N7O8. The van der Waals surface area contributed by atoms with Gasteiger partial charge in [0.05, 0.1) is 23.4 Å². The van der Waals surface area contributed by atoms with E-state index in [2.05, 4.69) is 31.9 Å². The number of benzene rings is 2. The second-order valence-corrected chi connectivity index (χ2v) is 16.1. The minimum atomic E-state index is -1.31. The molecule has 6 N–H and O–H groups in total. The molecule has 15 nitrogen and oxygen atoms in total. The molecule has 0 aliphatic heterocycles. The van der Waals surface area contributed by atoms with Crippen molar-refractivity contribution >= 4 is 29.3 Å². The molecule has 2 aromatic carbocycles. The fourth-order valence-electron chi connectivity index (χ4n) is 5.14. The number of amides is 2. The molecule has 4 unspecified atom stereocenters. The lowest BCUT2D eigenvalue weighted by Crippen LogP contribution is -2.55. The van der Waals surface area contributed by atoms with Crippen molar-refractivity contribution in [2.75, 3.05) is 0 Å². The Hall–Kier alpha value is -4.96. The fraction of sp³-hybridized carbons (Fsp3) is 0.500. The quantitative estimate of drug-likeness (QED) is 0.0606. The number of aliphatic hydroxyl groups is 2. The number of ketones is 1. The number of nitrogens with zero attached hydrogens (tertiary/aromatic N) is 3. The number of aliphatic hydroxyl groups excluding tert-OH is 2. The van der Waals surface area contributed by atoms with Gasteiger partial charge in [-0.2, -0.15) is 15.6 Å². The zero-order valence-electron chi connectivity index (χ0n) is 33.4. The summed E-state index contributed by atoms with van der Waals surface area (Å²) in [6.45, 7) is 18.2. The van der Waals surface area contributed by atoms with Crippen LogP contribution in [0.5, 0.6) is 0 Å². The van der Waals surface area contributed by atoms with Crippen LogP contribution in [0.3, 0.4) is 0 Å². The normalized spacial score (nSPS) is 14.8. The highest BCUT2D eigenvalue weighted by Crippen LogP contribution is 2.19. The molecule has 0 bridgehead atoms. The zero-order valence-corrected chi connectivity index (χ0v) is 33.4. The highest BCUT2D eigenvalue weighted by Gasteiger charge is 2.34. The van der Waals surface area contributed by atoms with Crippen LogP contribution in [0, 0.1) is 11.8 Å². The first-order valence-electron chi connectivity index (χ1n) is 18.4. The summed E-state index contributed by atoms with van der Waals surface area (Å²) in [5.74, 6) is -5.10. The molecule has 1 aromatic heterocycles. The topological polar surface area (TPSA) is 206 Å². The Morgan fingerprint density at radius 1 is 0.691 bits per heavy atom. The average Bonchev–Trinajstić information content (AvgIpc) is 3.60. The number of carbonyl (C=O) groups is 4. The molecule has 4 atom stereocenters. The second-order valence-electron chi connectivity index (χ2n) is 16.1. The lowest BCUT2D eigenvalue weighted by molar-refractivity contribution is -0.140. The molecule has 0 radical (unpaired) electrons. The Kier molecular flexibility index (Phi) is 15.8. The summed E-state index contributed by atoms with van der Waals surface area (Å²) in [5, 5.41) is 35.7. The van der Waals surface area contributed by atoms with Crippen LogP contribution in [0.2, 0.25) is 0 Å². The summed E-state index contributed by atoms with van der Waals surface area (Å²) in [7, 11) is 0. The van der Waals surface area contributed by atoms with Crippen LogP contribution >= 0.6 is 0 Å². The third-order valence-electron chi connectivity index (χ3n) is 8.12. The van der Waals surface area contributed by atoms with Crippen molar-refractivity contribution in [1.29, 1.82) is 0 Å². The number of rotatable bonds is 18. The molecule has 0 aliphatic rings. The fourth-order valence-corrected chi connectivity index (χ4v) is 5.14. The first-order valence-corrected chi connectivity index (χ1v) is 18.4. The molecule has 0 fully saturated rings.